The number of aromatic nitrogens is 2. The van der Waals surface area contributed by atoms with E-state index < -0.39 is 0 Å². The predicted octanol–water partition coefficient (Wildman–Crippen LogP) is 2.71. The highest BCUT2D eigenvalue weighted by molar-refractivity contribution is 5.94. The van der Waals surface area contributed by atoms with Crippen molar-refractivity contribution in [3.63, 3.8) is 0 Å². The van der Waals surface area contributed by atoms with E-state index in [9.17, 15) is 14.3 Å². The normalized spacial score (nSPS) is 10.6. The van der Waals surface area contributed by atoms with E-state index in [0.717, 1.165) is 0 Å². The van der Waals surface area contributed by atoms with Crippen molar-refractivity contribution >= 4 is 22.6 Å². The molecule has 0 fully saturated rings. The van der Waals surface area contributed by atoms with Crippen molar-refractivity contribution in [3.05, 3.63) is 60.2 Å². The van der Waals surface area contributed by atoms with Gasteiger partial charge < -0.3 is 15.7 Å². The Kier molecular flexibility index (Phi) is 5.03. The van der Waals surface area contributed by atoms with Crippen molar-refractivity contribution in [2.45, 2.75) is 6.42 Å². The zero-order chi connectivity index (χ0) is 17.6. The second kappa shape index (κ2) is 7.57. The van der Waals surface area contributed by atoms with Crippen LogP contribution >= 0.6 is 0 Å². The fraction of sp³-hybridized carbons (Fsp3) is 0.167. The van der Waals surface area contributed by atoms with E-state index in [2.05, 4.69) is 20.6 Å². The molecule has 0 saturated carbocycles. The van der Waals surface area contributed by atoms with Gasteiger partial charge in [0.25, 0.3) is 5.91 Å². The Labute approximate surface area is 143 Å². The lowest BCUT2D eigenvalue weighted by atomic mass is 10.2. The van der Waals surface area contributed by atoms with E-state index in [-0.39, 0.29) is 17.5 Å². The number of carbonyl (C=O) groups excluding carboxylic acids is 1. The molecule has 1 heterocycles. The lowest BCUT2D eigenvalue weighted by molar-refractivity contribution is 0.0953. The minimum atomic E-state index is -0.344. The Balaban J connectivity index is 1.51. The molecule has 3 rings (SSSR count). The zero-order valence-corrected chi connectivity index (χ0v) is 13.4. The van der Waals surface area contributed by atoms with Crippen molar-refractivity contribution in [3.8, 4) is 5.75 Å². The van der Waals surface area contributed by atoms with Crippen molar-refractivity contribution in [1.29, 1.82) is 0 Å². The number of aromatic hydroxyl groups is 1. The number of phenols is 1. The van der Waals surface area contributed by atoms with Gasteiger partial charge in [0, 0.05) is 24.0 Å². The Bertz CT molecular complexity index is 901. The summed E-state index contributed by atoms with van der Waals surface area (Å²) in [6.45, 7) is 1.02. The number of fused-ring (bicyclic) bond motifs is 1. The average Bonchev–Trinajstić information content (AvgIpc) is 2.61. The van der Waals surface area contributed by atoms with Crippen LogP contribution in [0.4, 0.5) is 10.2 Å². The number of anilines is 1. The van der Waals surface area contributed by atoms with Crippen LogP contribution in [0.2, 0.25) is 0 Å². The number of halogens is 1. The molecule has 3 aromatic rings. The fourth-order valence-electron chi connectivity index (χ4n) is 2.42. The number of benzene rings is 2. The number of rotatable bonds is 6. The molecule has 0 spiro atoms. The Morgan fingerprint density at radius 2 is 2.00 bits per heavy atom. The van der Waals surface area contributed by atoms with Crippen LogP contribution in [0, 0.1) is 5.82 Å². The number of phenolic OH excluding ortho intramolecular Hbond substituents is 1. The molecule has 0 atom stereocenters. The van der Waals surface area contributed by atoms with Gasteiger partial charge in [-0.15, -0.1) is 0 Å². The maximum atomic E-state index is 13.4. The summed E-state index contributed by atoms with van der Waals surface area (Å²) in [5.41, 5.74) is 1.07. The van der Waals surface area contributed by atoms with E-state index in [4.69, 9.17) is 0 Å². The van der Waals surface area contributed by atoms with Crippen LogP contribution < -0.4 is 10.6 Å². The largest absolute Gasteiger partial charge is 0.508 e. The van der Waals surface area contributed by atoms with E-state index in [1.165, 1.54) is 30.6 Å². The minimum absolute atomic E-state index is 0.0530. The summed E-state index contributed by atoms with van der Waals surface area (Å²) in [5, 5.41) is 15.9. The van der Waals surface area contributed by atoms with Crippen molar-refractivity contribution in [1.82, 2.24) is 15.3 Å². The maximum absolute atomic E-state index is 13.4. The van der Waals surface area contributed by atoms with E-state index in [0.29, 0.717) is 41.8 Å². The highest BCUT2D eigenvalue weighted by atomic mass is 19.1. The molecule has 7 heteroatoms. The molecule has 1 aromatic heterocycles. The SMILES string of the molecule is O=C(NCCCNc1ncnc2ccc(F)cc12)c1cccc(O)c1. The Morgan fingerprint density at radius 1 is 1.12 bits per heavy atom. The number of carbonyl (C=O) groups is 1. The zero-order valence-electron chi connectivity index (χ0n) is 13.4. The van der Waals surface area contributed by atoms with E-state index in [1.54, 1.807) is 18.2 Å². The second-order valence-electron chi connectivity index (χ2n) is 5.47. The van der Waals surface area contributed by atoms with Gasteiger partial charge >= 0.3 is 0 Å². The molecule has 0 saturated heterocycles. The van der Waals surface area contributed by atoms with Gasteiger partial charge in [-0.3, -0.25) is 4.79 Å². The van der Waals surface area contributed by atoms with Crippen LogP contribution in [0.25, 0.3) is 10.9 Å². The van der Waals surface area contributed by atoms with Crippen LogP contribution in [0.1, 0.15) is 16.8 Å². The molecular formula is C18H17FN4O2. The molecule has 128 valence electrons. The van der Waals surface area contributed by atoms with Crippen LogP contribution in [-0.4, -0.2) is 34.1 Å². The maximum Gasteiger partial charge on any atom is 0.251 e. The minimum Gasteiger partial charge on any atom is -0.508 e. The molecule has 0 aliphatic rings. The van der Waals surface area contributed by atoms with Crippen molar-refractivity contribution in [2.75, 3.05) is 18.4 Å². The summed E-state index contributed by atoms with van der Waals surface area (Å²) in [7, 11) is 0. The predicted molar refractivity (Wildman–Crippen MR) is 93.0 cm³/mol. The molecule has 0 bridgehead atoms. The smallest absolute Gasteiger partial charge is 0.251 e. The van der Waals surface area contributed by atoms with Gasteiger partial charge in [0.1, 0.15) is 23.7 Å². The van der Waals surface area contributed by atoms with Crippen LogP contribution in [0.5, 0.6) is 5.75 Å². The highest BCUT2D eigenvalue weighted by Gasteiger charge is 2.06. The first-order valence-corrected chi connectivity index (χ1v) is 7.85. The second-order valence-corrected chi connectivity index (χ2v) is 5.47. The van der Waals surface area contributed by atoms with E-state index in [1.807, 2.05) is 0 Å². The third-order valence-corrected chi connectivity index (χ3v) is 3.64. The number of amides is 1. The third kappa shape index (κ3) is 4.20. The standard InChI is InChI=1S/C18H17FN4O2/c19-13-5-6-16-15(10-13)17(23-11-22-16)20-7-2-8-21-18(25)12-3-1-4-14(24)9-12/h1,3-6,9-11,24H,2,7-8H2,(H,21,25)(H,20,22,23). The van der Waals surface area contributed by atoms with Gasteiger partial charge in [-0.1, -0.05) is 6.07 Å². The molecule has 6 nitrogen and oxygen atoms in total. The average molecular weight is 340 g/mol. The number of nitrogens with one attached hydrogen (secondary N) is 2. The molecule has 0 aliphatic heterocycles. The summed E-state index contributed by atoms with van der Waals surface area (Å²) >= 11 is 0. The molecule has 3 N–H and O–H groups in total. The quantitative estimate of drug-likeness (QED) is 0.601. The first kappa shape index (κ1) is 16.6. The summed E-state index contributed by atoms with van der Waals surface area (Å²) in [4.78, 5) is 20.2. The summed E-state index contributed by atoms with van der Waals surface area (Å²) in [5.74, 6) is 0.0233. The van der Waals surface area contributed by atoms with Crippen LogP contribution in [0.3, 0.4) is 0 Å². The molecule has 0 radical (unpaired) electrons. The lowest BCUT2D eigenvalue weighted by Gasteiger charge is -2.09. The van der Waals surface area contributed by atoms with Gasteiger partial charge in [0.05, 0.1) is 5.52 Å². The van der Waals surface area contributed by atoms with Gasteiger partial charge in [-0.25, -0.2) is 14.4 Å². The molecule has 0 unspecified atom stereocenters. The van der Waals surface area contributed by atoms with Crippen LogP contribution in [-0.2, 0) is 0 Å². The van der Waals surface area contributed by atoms with Gasteiger partial charge in [0.2, 0.25) is 0 Å². The number of hydrogen-bond acceptors (Lipinski definition) is 5. The first-order chi connectivity index (χ1) is 12.1. The third-order valence-electron chi connectivity index (χ3n) is 3.64. The molecular weight excluding hydrogens is 323 g/mol. The van der Waals surface area contributed by atoms with Gasteiger partial charge in [0.15, 0.2) is 0 Å². The summed E-state index contributed by atoms with van der Waals surface area (Å²) < 4.78 is 13.4. The van der Waals surface area contributed by atoms with Crippen molar-refractivity contribution < 1.29 is 14.3 Å². The number of hydrogen-bond donors (Lipinski definition) is 3. The summed E-state index contributed by atoms with van der Waals surface area (Å²) in [6.07, 6.45) is 2.08. The van der Waals surface area contributed by atoms with Crippen LogP contribution in [0.15, 0.2) is 48.8 Å². The highest BCUT2D eigenvalue weighted by Crippen LogP contribution is 2.19. The Hall–Kier alpha value is -3.22. The van der Waals surface area contributed by atoms with Gasteiger partial charge in [-0.05, 0) is 42.8 Å². The molecule has 1 amide bonds. The molecule has 0 aliphatic carbocycles. The topological polar surface area (TPSA) is 87.1 Å². The van der Waals surface area contributed by atoms with Crippen molar-refractivity contribution in [2.24, 2.45) is 0 Å². The summed E-state index contributed by atoms with van der Waals surface area (Å²) in [6, 6.07) is 10.5. The van der Waals surface area contributed by atoms with Gasteiger partial charge in [-0.2, -0.15) is 0 Å². The monoisotopic (exact) mass is 340 g/mol. The molecule has 25 heavy (non-hydrogen) atoms. The number of nitrogens with zero attached hydrogens (tertiary/aromatic N) is 2. The fourth-order valence-corrected chi connectivity index (χ4v) is 2.42. The lowest BCUT2D eigenvalue weighted by Crippen LogP contribution is -2.25. The first-order valence-electron chi connectivity index (χ1n) is 7.85. The molecule has 2 aromatic carbocycles. The Morgan fingerprint density at radius 3 is 2.84 bits per heavy atom. The van der Waals surface area contributed by atoms with E-state index >= 15 is 0 Å².